The van der Waals surface area contributed by atoms with Gasteiger partial charge in [0.15, 0.2) is 0 Å². The van der Waals surface area contributed by atoms with E-state index in [0.717, 1.165) is 10.8 Å². The van der Waals surface area contributed by atoms with Crippen LogP contribution in [0.5, 0.6) is 11.5 Å². The number of nitrogens with one attached hydrogen (secondary N) is 1. The third-order valence-corrected chi connectivity index (χ3v) is 4.59. The molecule has 0 fully saturated rings. The first-order valence-corrected chi connectivity index (χ1v) is 9.14. The van der Waals surface area contributed by atoms with Crippen molar-refractivity contribution in [1.29, 1.82) is 0 Å². The van der Waals surface area contributed by atoms with Crippen molar-refractivity contribution >= 4 is 34.5 Å². The SMILES string of the molecule is COc1cccc(NC(=O)Cc2csc(COc3ccc(Cl)cc3)n2)c1. The van der Waals surface area contributed by atoms with E-state index in [1.807, 2.05) is 23.6 Å². The minimum absolute atomic E-state index is 0.131. The number of carbonyl (C=O) groups excluding carboxylic acids is 1. The number of hydrogen-bond donors (Lipinski definition) is 1. The standard InChI is InChI=1S/C19H17ClN2O3S/c1-24-17-4-2-3-14(9-17)21-18(23)10-15-12-26-19(22-15)11-25-16-7-5-13(20)6-8-16/h2-9,12H,10-11H2,1H3,(H,21,23). The summed E-state index contributed by atoms with van der Waals surface area (Å²) in [6.45, 7) is 0.351. The monoisotopic (exact) mass is 388 g/mol. The molecule has 1 aromatic heterocycles. The average molecular weight is 389 g/mol. The summed E-state index contributed by atoms with van der Waals surface area (Å²) in [5.41, 5.74) is 1.40. The Kier molecular flexibility index (Phi) is 6.09. The molecular formula is C19H17ClN2O3S. The molecule has 0 radical (unpaired) electrons. The molecule has 0 bridgehead atoms. The lowest BCUT2D eigenvalue weighted by Gasteiger charge is -2.06. The van der Waals surface area contributed by atoms with E-state index in [-0.39, 0.29) is 12.3 Å². The number of nitrogens with zero attached hydrogens (tertiary/aromatic N) is 1. The highest BCUT2D eigenvalue weighted by molar-refractivity contribution is 7.09. The fourth-order valence-electron chi connectivity index (χ4n) is 2.24. The molecule has 26 heavy (non-hydrogen) atoms. The Morgan fingerprint density at radius 2 is 2.00 bits per heavy atom. The van der Waals surface area contributed by atoms with Gasteiger partial charge in [-0.3, -0.25) is 4.79 Å². The van der Waals surface area contributed by atoms with Gasteiger partial charge in [0, 0.05) is 22.2 Å². The van der Waals surface area contributed by atoms with E-state index in [4.69, 9.17) is 21.1 Å². The van der Waals surface area contributed by atoms with E-state index < -0.39 is 0 Å². The molecule has 0 saturated heterocycles. The second kappa shape index (κ2) is 8.69. The van der Waals surface area contributed by atoms with Crippen LogP contribution in [0.1, 0.15) is 10.7 Å². The van der Waals surface area contributed by atoms with Crippen LogP contribution in [-0.4, -0.2) is 18.0 Å². The van der Waals surface area contributed by atoms with Crippen molar-refractivity contribution in [1.82, 2.24) is 4.98 Å². The number of aromatic nitrogens is 1. The number of benzene rings is 2. The van der Waals surface area contributed by atoms with Crippen molar-refractivity contribution in [3.63, 3.8) is 0 Å². The number of ether oxygens (including phenoxy) is 2. The van der Waals surface area contributed by atoms with Gasteiger partial charge in [-0.25, -0.2) is 4.98 Å². The molecular weight excluding hydrogens is 372 g/mol. The molecule has 1 N–H and O–H groups in total. The molecule has 3 aromatic rings. The normalized spacial score (nSPS) is 10.4. The number of anilines is 1. The molecule has 0 aliphatic rings. The summed E-state index contributed by atoms with van der Waals surface area (Å²) in [6.07, 6.45) is 0.203. The molecule has 134 valence electrons. The maximum Gasteiger partial charge on any atom is 0.230 e. The second-order valence-electron chi connectivity index (χ2n) is 5.43. The number of hydrogen-bond acceptors (Lipinski definition) is 5. The van der Waals surface area contributed by atoms with Gasteiger partial charge < -0.3 is 14.8 Å². The minimum atomic E-state index is -0.131. The average Bonchev–Trinajstić information content (AvgIpc) is 3.08. The van der Waals surface area contributed by atoms with Crippen molar-refractivity contribution in [2.24, 2.45) is 0 Å². The summed E-state index contributed by atoms with van der Waals surface area (Å²) in [4.78, 5) is 16.6. The molecule has 0 spiro atoms. The maximum atomic E-state index is 12.2. The highest BCUT2D eigenvalue weighted by atomic mass is 35.5. The van der Waals surface area contributed by atoms with E-state index >= 15 is 0 Å². The van der Waals surface area contributed by atoms with Gasteiger partial charge in [0.2, 0.25) is 5.91 Å². The van der Waals surface area contributed by atoms with Gasteiger partial charge in [-0.1, -0.05) is 17.7 Å². The van der Waals surface area contributed by atoms with Gasteiger partial charge in [0.1, 0.15) is 23.1 Å². The van der Waals surface area contributed by atoms with Crippen LogP contribution in [0.3, 0.4) is 0 Å². The quantitative estimate of drug-likeness (QED) is 0.644. The first kappa shape index (κ1) is 18.2. The lowest BCUT2D eigenvalue weighted by atomic mass is 10.2. The Morgan fingerprint density at radius 1 is 1.19 bits per heavy atom. The molecule has 1 amide bonds. The molecule has 5 nitrogen and oxygen atoms in total. The Morgan fingerprint density at radius 3 is 2.77 bits per heavy atom. The predicted molar refractivity (Wildman–Crippen MR) is 103 cm³/mol. The largest absolute Gasteiger partial charge is 0.497 e. The molecule has 0 atom stereocenters. The van der Waals surface area contributed by atoms with E-state index in [2.05, 4.69) is 10.3 Å². The first-order chi connectivity index (χ1) is 12.6. The third-order valence-electron chi connectivity index (χ3n) is 3.47. The van der Waals surface area contributed by atoms with E-state index in [1.54, 1.807) is 37.4 Å². The number of amides is 1. The van der Waals surface area contributed by atoms with Crippen molar-refractivity contribution < 1.29 is 14.3 Å². The van der Waals surface area contributed by atoms with Crippen LogP contribution in [0.2, 0.25) is 5.02 Å². The zero-order chi connectivity index (χ0) is 18.4. The van der Waals surface area contributed by atoms with Crippen molar-refractivity contribution in [2.75, 3.05) is 12.4 Å². The predicted octanol–water partition coefficient (Wildman–Crippen LogP) is 4.57. The zero-order valence-corrected chi connectivity index (χ0v) is 15.6. The minimum Gasteiger partial charge on any atom is -0.497 e. The molecule has 2 aromatic carbocycles. The summed E-state index contributed by atoms with van der Waals surface area (Å²) in [7, 11) is 1.59. The molecule has 3 rings (SSSR count). The van der Waals surface area contributed by atoms with Gasteiger partial charge >= 0.3 is 0 Å². The van der Waals surface area contributed by atoms with E-state index in [0.29, 0.717) is 28.8 Å². The summed E-state index contributed by atoms with van der Waals surface area (Å²) in [6, 6.07) is 14.4. The Bertz CT molecular complexity index is 881. The highest BCUT2D eigenvalue weighted by Gasteiger charge is 2.09. The van der Waals surface area contributed by atoms with Crippen LogP contribution in [0, 0.1) is 0 Å². The van der Waals surface area contributed by atoms with Gasteiger partial charge in [-0.2, -0.15) is 0 Å². The Balaban J connectivity index is 1.52. The Labute approximate surface area is 160 Å². The molecule has 0 aliphatic carbocycles. The van der Waals surface area contributed by atoms with Gasteiger partial charge in [-0.15, -0.1) is 11.3 Å². The maximum absolute atomic E-state index is 12.2. The van der Waals surface area contributed by atoms with E-state index in [9.17, 15) is 4.79 Å². The van der Waals surface area contributed by atoms with Crippen LogP contribution in [0.25, 0.3) is 0 Å². The van der Waals surface area contributed by atoms with Crippen LogP contribution in [0.4, 0.5) is 5.69 Å². The highest BCUT2D eigenvalue weighted by Crippen LogP contribution is 2.19. The van der Waals surface area contributed by atoms with Crippen LogP contribution in [-0.2, 0) is 17.8 Å². The van der Waals surface area contributed by atoms with Crippen molar-refractivity contribution in [3.05, 3.63) is 69.6 Å². The molecule has 0 saturated carbocycles. The van der Waals surface area contributed by atoms with Crippen molar-refractivity contribution in [3.8, 4) is 11.5 Å². The first-order valence-electron chi connectivity index (χ1n) is 7.88. The lowest BCUT2D eigenvalue weighted by molar-refractivity contribution is -0.115. The van der Waals surface area contributed by atoms with Gasteiger partial charge in [-0.05, 0) is 36.4 Å². The number of halogens is 1. The second-order valence-corrected chi connectivity index (χ2v) is 6.81. The lowest BCUT2D eigenvalue weighted by Crippen LogP contribution is -2.14. The number of methoxy groups -OCH3 is 1. The summed E-state index contributed by atoms with van der Waals surface area (Å²) >= 11 is 7.31. The molecule has 0 unspecified atom stereocenters. The van der Waals surface area contributed by atoms with Crippen LogP contribution < -0.4 is 14.8 Å². The summed E-state index contributed by atoms with van der Waals surface area (Å²) in [5.74, 6) is 1.29. The van der Waals surface area contributed by atoms with E-state index in [1.165, 1.54) is 11.3 Å². The van der Waals surface area contributed by atoms with Gasteiger partial charge in [0.25, 0.3) is 0 Å². The molecule has 7 heteroatoms. The molecule has 1 heterocycles. The molecule has 0 aliphatic heterocycles. The fraction of sp³-hybridized carbons (Fsp3) is 0.158. The van der Waals surface area contributed by atoms with Crippen LogP contribution in [0.15, 0.2) is 53.9 Å². The zero-order valence-electron chi connectivity index (χ0n) is 14.1. The third kappa shape index (κ3) is 5.21. The number of carbonyl (C=O) groups is 1. The number of rotatable bonds is 7. The topological polar surface area (TPSA) is 60.5 Å². The van der Waals surface area contributed by atoms with Gasteiger partial charge in [0.05, 0.1) is 19.2 Å². The summed E-state index contributed by atoms with van der Waals surface area (Å²) in [5, 5.41) is 6.18. The van der Waals surface area contributed by atoms with Crippen LogP contribution >= 0.6 is 22.9 Å². The van der Waals surface area contributed by atoms with Crippen molar-refractivity contribution in [2.45, 2.75) is 13.0 Å². The Hall–Kier alpha value is -2.57. The smallest absolute Gasteiger partial charge is 0.230 e. The fourth-order valence-corrected chi connectivity index (χ4v) is 3.07. The number of thiazole rings is 1. The summed E-state index contributed by atoms with van der Waals surface area (Å²) < 4.78 is 10.8.